The van der Waals surface area contributed by atoms with Gasteiger partial charge in [0.15, 0.2) is 0 Å². The number of unbranched alkanes of at least 4 members (excludes halogenated alkanes) is 3. The molecule has 0 aliphatic carbocycles. The van der Waals surface area contributed by atoms with Gasteiger partial charge in [-0.25, -0.2) is 0 Å². The van der Waals surface area contributed by atoms with Crippen LogP contribution >= 0.6 is 0 Å². The molecule has 1 aromatic rings. The molecule has 1 N–H and O–H groups in total. The average Bonchev–Trinajstić information content (AvgIpc) is 2.85. The fraction of sp³-hybridized carbons (Fsp3) is 0.800. The summed E-state index contributed by atoms with van der Waals surface area (Å²) in [5, 5.41) is 0. The van der Waals surface area contributed by atoms with E-state index >= 15 is 0 Å². The van der Waals surface area contributed by atoms with Gasteiger partial charge in [0.25, 0.3) is 0 Å². The van der Waals surface area contributed by atoms with Crippen LogP contribution in [-0.2, 0) is 0 Å². The predicted molar refractivity (Wildman–Crippen MR) is 83.1 cm³/mol. The fourth-order valence-electron chi connectivity index (χ4n) is 2.89. The summed E-state index contributed by atoms with van der Waals surface area (Å²) in [5.41, 5.74) is 0. The van der Waals surface area contributed by atoms with Crippen LogP contribution in [0.2, 0.25) is 13.3 Å². The molecule has 0 bridgehead atoms. The third-order valence-electron chi connectivity index (χ3n) is 4.14. The normalized spacial score (nSPS) is 12.0. The van der Waals surface area contributed by atoms with Crippen molar-refractivity contribution in [2.75, 3.05) is 0 Å². The number of aromatic amines is 1. The SMILES string of the molecule is CCC[CH2][Sn]([CH2]CCC)([CH2]CCC)[c]1cnc(F)[nH]1. The van der Waals surface area contributed by atoms with Gasteiger partial charge in [-0.1, -0.05) is 0 Å². The van der Waals surface area contributed by atoms with E-state index in [9.17, 15) is 4.39 Å². The summed E-state index contributed by atoms with van der Waals surface area (Å²) < 4.78 is 18.6. The molecule has 0 unspecified atom stereocenters. The number of imidazole rings is 1. The molecule has 0 aromatic carbocycles. The van der Waals surface area contributed by atoms with Gasteiger partial charge in [0.1, 0.15) is 0 Å². The molecule has 2 nitrogen and oxygen atoms in total. The van der Waals surface area contributed by atoms with Crippen LogP contribution in [0.1, 0.15) is 59.3 Å². The molecule has 0 atom stereocenters. The summed E-state index contributed by atoms with van der Waals surface area (Å²) in [6.45, 7) is 6.76. The quantitative estimate of drug-likeness (QED) is 0.595. The van der Waals surface area contributed by atoms with Crippen molar-refractivity contribution in [3.63, 3.8) is 0 Å². The van der Waals surface area contributed by atoms with Gasteiger partial charge in [0.2, 0.25) is 0 Å². The average molecular weight is 375 g/mol. The van der Waals surface area contributed by atoms with Gasteiger partial charge < -0.3 is 0 Å². The molecule has 0 aliphatic rings. The van der Waals surface area contributed by atoms with Gasteiger partial charge in [-0.05, 0) is 0 Å². The zero-order valence-electron chi connectivity index (χ0n) is 12.8. The van der Waals surface area contributed by atoms with Gasteiger partial charge in [0, 0.05) is 0 Å². The summed E-state index contributed by atoms with van der Waals surface area (Å²) in [5.74, 6) is 0. The van der Waals surface area contributed by atoms with E-state index in [0.29, 0.717) is 0 Å². The van der Waals surface area contributed by atoms with E-state index in [-0.39, 0.29) is 6.08 Å². The predicted octanol–water partition coefficient (Wildman–Crippen LogP) is 4.60. The second-order valence-corrected chi connectivity index (χ2v) is 18.8. The Morgan fingerprint density at radius 2 is 1.47 bits per heavy atom. The van der Waals surface area contributed by atoms with Crippen molar-refractivity contribution in [2.45, 2.75) is 72.6 Å². The molecular formula is C15H29FN2Sn. The van der Waals surface area contributed by atoms with E-state index in [1.54, 1.807) is 0 Å². The summed E-state index contributed by atoms with van der Waals surface area (Å²) in [6.07, 6.45) is 9.04. The molecule has 0 fully saturated rings. The van der Waals surface area contributed by atoms with Crippen molar-refractivity contribution in [3.8, 4) is 0 Å². The van der Waals surface area contributed by atoms with Crippen LogP contribution in [0.3, 0.4) is 0 Å². The molecule has 1 heterocycles. The molecule has 0 amide bonds. The number of nitrogens with one attached hydrogen (secondary N) is 1. The van der Waals surface area contributed by atoms with Gasteiger partial charge in [-0.2, -0.15) is 0 Å². The van der Waals surface area contributed by atoms with Gasteiger partial charge in [-0.3, -0.25) is 0 Å². The van der Waals surface area contributed by atoms with Crippen LogP contribution in [0.15, 0.2) is 6.20 Å². The number of aromatic nitrogens is 2. The summed E-state index contributed by atoms with van der Waals surface area (Å²) in [7, 11) is 0. The summed E-state index contributed by atoms with van der Waals surface area (Å²) in [6, 6.07) is 0. The molecule has 1 aromatic heterocycles. The minimum absolute atomic E-state index is 0.388. The third kappa shape index (κ3) is 5.08. The number of hydrogen-bond acceptors (Lipinski definition) is 1. The Bertz CT molecular complexity index is 330. The van der Waals surface area contributed by atoms with E-state index in [1.165, 1.54) is 55.5 Å². The Labute approximate surface area is 121 Å². The third-order valence-corrected chi connectivity index (χ3v) is 19.4. The molecular weight excluding hydrogens is 346 g/mol. The first-order chi connectivity index (χ1) is 9.18. The van der Waals surface area contributed by atoms with E-state index < -0.39 is 18.4 Å². The first-order valence-corrected chi connectivity index (χ1v) is 15.4. The van der Waals surface area contributed by atoms with E-state index in [2.05, 4.69) is 30.7 Å². The minimum atomic E-state index is -2.43. The Morgan fingerprint density at radius 3 is 1.79 bits per heavy atom. The van der Waals surface area contributed by atoms with Crippen molar-refractivity contribution >= 4 is 22.1 Å². The van der Waals surface area contributed by atoms with Crippen LogP contribution < -0.4 is 3.71 Å². The Kier molecular flexibility index (Phi) is 8.03. The molecule has 0 spiro atoms. The van der Waals surface area contributed by atoms with Gasteiger partial charge in [0.05, 0.1) is 0 Å². The van der Waals surface area contributed by atoms with Gasteiger partial charge in [-0.15, -0.1) is 0 Å². The molecule has 0 saturated carbocycles. The number of halogens is 1. The Morgan fingerprint density at radius 1 is 1.00 bits per heavy atom. The molecule has 19 heavy (non-hydrogen) atoms. The van der Waals surface area contributed by atoms with Crippen molar-refractivity contribution in [2.24, 2.45) is 0 Å². The topological polar surface area (TPSA) is 28.7 Å². The van der Waals surface area contributed by atoms with Crippen LogP contribution in [0.25, 0.3) is 0 Å². The second kappa shape index (κ2) is 8.98. The number of H-pyrrole nitrogens is 1. The molecule has 0 radical (unpaired) electrons. The van der Waals surface area contributed by atoms with E-state index in [4.69, 9.17) is 0 Å². The molecule has 4 heteroatoms. The van der Waals surface area contributed by atoms with Crippen LogP contribution in [0.5, 0.6) is 0 Å². The van der Waals surface area contributed by atoms with E-state index in [1.807, 2.05) is 6.20 Å². The molecule has 1 rings (SSSR count). The van der Waals surface area contributed by atoms with Crippen LogP contribution in [0.4, 0.5) is 4.39 Å². The first-order valence-electron chi connectivity index (χ1n) is 7.89. The second-order valence-electron chi connectivity index (χ2n) is 5.68. The zero-order chi connectivity index (χ0) is 14.1. The standard InChI is InChI=1S/3C4H9.C3H2FN2.Sn/c3*1-3-4-2;4-3-5-1-2-6-3;/h3*1,3-4H2,2H3;1H,(H,5,6);. The molecule has 0 aliphatic heterocycles. The maximum atomic E-state index is 13.3. The Balaban J connectivity index is 2.93. The van der Waals surface area contributed by atoms with E-state index in [0.717, 1.165) is 0 Å². The van der Waals surface area contributed by atoms with Crippen LogP contribution in [0, 0.1) is 6.08 Å². The van der Waals surface area contributed by atoms with Crippen LogP contribution in [-0.4, -0.2) is 28.3 Å². The number of nitrogens with zero attached hydrogens (tertiary/aromatic N) is 1. The molecule has 110 valence electrons. The Hall–Kier alpha value is -0.0613. The van der Waals surface area contributed by atoms with Crippen molar-refractivity contribution in [1.82, 2.24) is 9.97 Å². The van der Waals surface area contributed by atoms with Crippen molar-refractivity contribution in [1.29, 1.82) is 0 Å². The number of rotatable bonds is 10. The maximum absolute atomic E-state index is 13.3. The zero-order valence-corrected chi connectivity index (χ0v) is 15.6. The number of hydrogen-bond donors (Lipinski definition) is 1. The fourth-order valence-corrected chi connectivity index (χ4v) is 18.2. The first kappa shape index (κ1) is 17.0. The van der Waals surface area contributed by atoms with Crippen molar-refractivity contribution in [3.05, 3.63) is 12.3 Å². The monoisotopic (exact) mass is 376 g/mol. The summed E-state index contributed by atoms with van der Waals surface area (Å²) in [4.78, 5) is 6.80. The summed E-state index contributed by atoms with van der Waals surface area (Å²) >= 11 is -2.43. The van der Waals surface area contributed by atoms with Gasteiger partial charge >= 0.3 is 121 Å². The van der Waals surface area contributed by atoms with Crippen molar-refractivity contribution < 1.29 is 4.39 Å². The molecule has 0 saturated heterocycles.